The van der Waals surface area contributed by atoms with Crippen molar-refractivity contribution in [2.45, 2.75) is 13.5 Å². The molecular formula is C16H18N2O2. The number of amides is 1. The molecule has 1 amide bonds. The van der Waals surface area contributed by atoms with Crippen LogP contribution in [0.2, 0.25) is 0 Å². The molecule has 0 atom stereocenters. The Hall–Kier alpha value is -2.49. The molecular weight excluding hydrogens is 252 g/mol. The average molecular weight is 270 g/mol. The first-order chi connectivity index (χ1) is 9.61. The Morgan fingerprint density at radius 2 is 2.00 bits per heavy atom. The molecule has 0 aromatic heterocycles. The monoisotopic (exact) mass is 270 g/mol. The summed E-state index contributed by atoms with van der Waals surface area (Å²) in [7, 11) is 1.52. The lowest BCUT2D eigenvalue weighted by atomic mass is 10.1. The van der Waals surface area contributed by atoms with Gasteiger partial charge in [0.05, 0.1) is 12.7 Å². The van der Waals surface area contributed by atoms with Gasteiger partial charge in [0.1, 0.15) is 5.75 Å². The number of anilines is 1. The molecule has 2 rings (SSSR count). The Balaban J connectivity index is 2.11. The van der Waals surface area contributed by atoms with Crippen molar-refractivity contribution in [2.75, 3.05) is 12.8 Å². The summed E-state index contributed by atoms with van der Waals surface area (Å²) in [6, 6.07) is 12.9. The number of methoxy groups -OCH3 is 1. The minimum Gasteiger partial charge on any atom is -0.496 e. The zero-order valence-electron chi connectivity index (χ0n) is 11.6. The van der Waals surface area contributed by atoms with E-state index in [4.69, 9.17) is 10.5 Å². The van der Waals surface area contributed by atoms with Crippen LogP contribution in [0.4, 0.5) is 5.69 Å². The molecule has 0 aliphatic carbocycles. The number of nitrogen functional groups attached to an aromatic ring is 1. The first-order valence-corrected chi connectivity index (χ1v) is 6.38. The van der Waals surface area contributed by atoms with Crippen LogP contribution in [0.5, 0.6) is 5.75 Å². The molecule has 3 N–H and O–H groups in total. The Bertz CT molecular complexity index is 624. The number of carbonyl (C=O) groups is 1. The molecule has 0 heterocycles. The van der Waals surface area contributed by atoms with E-state index < -0.39 is 0 Å². The Kier molecular flexibility index (Phi) is 4.25. The summed E-state index contributed by atoms with van der Waals surface area (Å²) in [6.45, 7) is 2.50. The summed E-state index contributed by atoms with van der Waals surface area (Å²) in [5, 5.41) is 2.89. The topological polar surface area (TPSA) is 64.3 Å². The van der Waals surface area contributed by atoms with E-state index in [0.29, 0.717) is 23.5 Å². The molecule has 0 unspecified atom stereocenters. The number of benzene rings is 2. The first kappa shape index (κ1) is 13.9. The number of carbonyl (C=O) groups excluding carboxylic acids is 1. The SMILES string of the molecule is COc1cc(N)ccc1C(=O)NCc1ccccc1C. The fourth-order valence-electron chi connectivity index (χ4n) is 1.97. The van der Waals surface area contributed by atoms with Gasteiger partial charge in [0.2, 0.25) is 0 Å². The van der Waals surface area contributed by atoms with Gasteiger partial charge in [0.25, 0.3) is 5.91 Å². The fraction of sp³-hybridized carbons (Fsp3) is 0.188. The highest BCUT2D eigenvalue weighted by atomic mass is 16.5. The molecule has 0 radical (unpaired) electrons. The second-order valence-electron chi connectivity index (χ2n) is 4.57. The predicted octanol–water partition coefficient (Wildman–Crippen LogP) is 2.52. The molecule has 0 fully saturated rings. The molecule has 0 bridgehead atoms. The number of ether oxygens (including phenoxy) is 1. The number of nitrogens with two attached hydrogens (primary N) is 1. The summed E-state index contributed by atoms with van der Waals surface area (Å²) in [4.78, 5) is 12.2. The van der Waals surface area contributed by atoms with Crippen LogP contribution in [0.15, 0.2) is 42.5 Å². The quantitative estimate of drug-likeness (QED) is 0.839. The van der Waals surface area contributed by atoms with Gasteiger partial charge in [-0.3, -0.25) is 4.79 Å². The molecule has 0 aliphatic heterocycles. The van der Waals surface area contributed by atoms with Gasteiger partial charge in [-0.05, 0) is 30.2 Å². The molecule has 0 spiro atoms. The predicted molar refractivity (Wildman–Crippen MR) is 79.8 cm³/mol. The van der Waals surface area contributed by atoms with E-state index in [9.17, 15) is 4.79 Å². The second-order valence-corrected chi connectivity index (χ2v) is 4.57. The van der Waals surface area contributed by atoms with Gasteiger partial charge in [0, 0.05) is 18.3 Å². The number of nitrogens with one attached hydrogen (secondary N) is 1. The maximum absolute atomic E-state index is 12.2. The highest BCUT2D eigenvalue weighted by molar-refractivity contribution is 5.97. The van der Waals surface area contributed by atoms with Gasteiger partial charge in [-0.2, -0.15) is 0 Å². The zero-order valence-corrected chi connectivity index (χ0v) is 11.6. The molecule has 4 nitrogen and oxygen atoms in total. The highest BCUT2D eigenvalue weighted by Crippen LogP contribution is 2.21. The Morgan fingerprint density at radius 3 is 2.70 bits per heavy atom. The Labute approximate surface area is 118 Å². The maximum atomic E-state index is 12.2. The van der Waals surface area contributed by atoms with Crippen LogP contribution < -0.4 is 15.8 Å². The van der Waals surface area contributed by atoms with Crippen molar-refractivity contribution in [2.24, 2.45) is 0 Å². The summed E-state index contributed by atoms with van der Waals surface area (Å²) < 4.78 is 5.18. The van der Waals surface area contributed by atoms with E-state index in [1.54, 1.807) is 18.2 Å². The van der Waals surface area contributed by atoms with Crippen LogP contribution in [-0.2, 0) is 6.54 Å². The smallest absolute Gasteiger partial charge is 0.255 e. The minimum atomic E-state index is -0.176. The number of hydrogen-bond acceptors (Lipinski definition) is 3. The molecule has 2 aromatic rings. The molecule has 104 valence electrons. The average Bonchev–Trinajstić information content (AvgIpc) is 2.46. The lowest BCUT2D eigenvalue weighted by Gasteiger charge is -2.11. The maximum Gasteiger partial charge on any atom is 0.255 e. The van der Waals surface area contributed by atoms with Crippen molar-refractivity contribution in [1.29, 1.82) is 0 Å². The first-order valence-electron chi connectivity index (χ1n) is 6.38. The molecule has 4 heteroatoms. The van der Waals surface area contributed by atoms with Gasteiger partial charge < -0.3 is 15.8 Å². The highest BCUT2D eigenvalue weighted by Gasteiger charge is 2.12. The van der Waals surface area contributed by atoms with Crippen LogP contribution in [0, 0.1) is 6.92 Å². The van der Waals surface area contributed by atoms with E-state index in [2.05, 4.69) is 5.32 Å². The third kappa shape index (κ3) is 3.09. The summed E-state index contributed by atoms with van der Waals surface area (Å²) in [5.41, 5.74) is 8.97. The van der Waals surface area contributed by atoms with E-state index in [1.807, 2.05) is 31.2 Å². The van der Waals surface area contributed by atoms with Crippen LogP contribution in [-0.4, -0.2) is 13.0 Å². The van der Waals surface area contributed by atoms with Gasteiger partial charge >= 0.3 is 0 Å². The fourth-order valence-corrected chi connectivity index (χ4v) is 1.97. The normalized spacial score (nSPS) is 10.1. The van der Waals surface area contributed by atoms with Crippen LogP contribution in [0.1, 0.15) is 21.5 Å². The van der Waals surface area contributed by atoms with Crippen molar-refractivity contribution in [3.05, 3.63) is 59.2 Å². The lowest BCUT2D eigenvalue weighted by Crippen LogP contribution is -2.23. The molecule has 0 saturated heterocycles. The van der Waals surface area contributed by atoms with Gasteiger partial charge in [0.15, 0.2) is 0 Å². The van der Waals surface area contributed by atoms with Gasteiger partial charge in [-0.15, -0.1) is 0 Å². The van der Waals surface area contributed by atoms with E-state index in [1.165, 1.54) is 7.11 Å². The second kappa shape index (κ2) is 6.10. The van der Waals surface area contributed by atoms with Crippen molar-refractivity contribution in [3.63, 3.8) is 0 Å². The van der Waals surface area contributed by atoms with Crippen molar-refractivity contribution < 1.29 is 9.53 Å². The minimum absolute atomic E-state index is 0.176. The number of rotatable bonds is 4. The summed E-state index contributed by atoms with van der Waals surface area (Å²) in [5.74, 6) is 0.303. The largest absolute Gasteiger partial charge is 0.496 e. The standard InChI is InChI=1S/C16H18N2O2/c1-11-5-3-4-6-12(11)10-18-16(19)14-8-7-13(17)9-15(14)20-2/h3-9H,10,17H2,1-2H3,(H,18,19). The van der Waals surface area contributed by atoms with E-state index in [-0.39, 0.29) is 5.91 Å². The molecule has 0 aliphatic rings. The third-order valence-corrected chi connectivity index (χ3v) is 3.17. The van der Waals surface area contributed by atoms with Gasteiger partial charge in [-0.25, -0.2) is 0 Å². The molecule has 0 saturated carbocycles. The zero-order chi connectivity index (χ0) is 14.5. The summed E-state index contributed by atoms with van der Waals surface area (Å²) in [6.07, 6.45) is 0. The lowest BCUT2D eigenvalue weighted by molar-refractivity contribution is 0.0948. The van der Waals surface area contributed by atoms with Gasteiger partial charge in [-0.1, -0.05) is 24.3 Å². The third-order valence-electron chi connectivity index (χ3n) is 3.17. The van der Waals surface area contributed by atoms with Crippen LogP contribution in [0.3, 0.4) is 0 Å². The molecule has 2 aromatic carbocycles. The molecule has 20 heavy (non-hydrogen) atoms. The number of aryl methyl sites for hydroxylation is 1. The van der Waals surface area contributed by atoms with Crippen molar-refractivity contribution in [3.8, 4) is 5.75 Å². The number of hydrogen-bond donors (Lipinski definition) is 2. The van der Waals surface area contributed by atoms with Crippen molar-refractivity contribution in [1.82, 2.24) is 5.32 Å². The van der Waals surface area contributed by atoms with E-state index >= 15 is 0 Å². The Morgan fingerprint density at radius 1 is 1.25 bits per heavy atom. The van der Waals surface area contributed by atoms with Crippen LogP contribution >= 0.6 is 0 Å². The summed E-state index contributed by atoms with van der Waals surface area (Å²) >= 11 is 0. The van der Waals surface area contributed by atoms with Crippen LogP contribution in [0.25, 0.3) is 0 Å². The van der Waals surface area contributed by atoms with Crippen molar-refractivity contribution >= 4 is 11.6 Å². The van der Waals surface area contributed by atoms with E-state index in [0.717, 1.165) is 11.1 Å².